The molecule has 0 radical (unpaired) electrons. The molecule has 0 atom stereocenters. The van der Waals surface area contributed by atoms with Crippen LogP contribution in [0.5, 0.6) is 0 Å². The van der Waals surface area contributed by atoms with Crippen LogP contribution in [0.15, 0.2) is 36.5 Å². The number of ether oxygens (including phenoxy) is 1. The third kappa shape index (κ3) is 5.44. The summed E-state index contributed by atoms with van der Waals surface area (Å²) in [6.07, 6.45) is -3.66. The second kappa shape index (κ2) is 9.81. The van der Waals surface area contributed by atoms with Crippen molar-refractivity contribution in [3.8, 4) is 0 Å². The molecule has 12 heteroatoms. The van der Waals surface area contributed by atoms with Gasteiger partial charge in [0.25, 0.3) is 11.6 Å². The highest BCUT2D eigenvalue weighted by Gasteiger charge is 2.31. The van der Waals surface area contributed by atoms with Crippen LogP contribution in [0, 0.1) is 10.1 Å². The van der Waals surface area contributed by atoms with E-state index in [9.17, 15) is 28.1 Å². The Bertz CT molecular complexity index is 961. The Labute approximate surface area is 181 Å². The quantitative estimate of drug-likeness (QED) is 0.391. The molecule has 1 aromatic heterocycles. The Hall–Kier alpha value is -3.41. The van der Waals surface area contributed by atoms with Crippen molar-refractivity contribution in [3.63, 3.8) is 0 Å². The number of nitrogens with one attached hydrogen (secondary N) is 1. The monoisotopic (exact) mass is 453 g/mol. The number of hydrogen-bond acceptors (Lipinski definition) is 7. The van der Waals surface area contributed by atoms with E-state index in [1.807, 2.05) is 0 Å². The molecule has 1 saturated heterocycles. The van der Waals surface area contributed by atoms with Crippen LogP contribution < -0.4 is 10.2 Å². The topological polar surface area (TPSA) is 101 Å². The summed E-state index contributed by atoms with van der Waals surface area (Å²) in [6, 6.07) is 6.53. The normalized spacial score (nSPS) is 14.4. The lowest BCUT2D eigenvalue weighted by Gasteiger charge is -2.35. The van der Waals surface area contributed by atoms with Crippen LogP contribution in [0.3, 0.4) is 0 Å². The summed E-state index contributed by atoms with van der Waals surface area (Å²) in [7, 11) is 1.52. The standard InChI is InChI=1S/C20H22F3N5O4/c1-32-11-6-24-16-4-2-14(12-17(16)28(30)31)19(29)27-9-7-26(8-10-27)18-5-3-15(13-25-18)20(21,22)23/h2-5,12-13,24H,6-11H2,1H3. The fourth-order valence-corrected chi connectivity index (χ4v) is 3.31. The van der Waals surface area contributed by atoms with Gasteiger partial charge in [0.05, 0.1) is 17.1 Å². The predicted molar refractivity (Wildman–Crippen MR) is 111 cm³/mol. The van der Waals surface area contributed by atoms with E-state index < -0.39 is 16.7 Å². The Balaban J connectivity index is 1.64. The van der Waals surface area contributed by atoms with Crippen molar-refractivity contribution in [1.29, 1.82) is 0 Å². The van der Waals surface area contributed by atoms with E-state index in [0.29, 0.717) is 50.8 Å². The number of rotatable bonds is 7. The number of benzene rings is 1. The molecule has 9 nitrogen and oxygen atoms in total. The highest BCUT2D eigenvalue weighted by molar-refractivity contribution is 5.96. The van der Waals surface area contributed by atoms with Crippen LogP contribution in [0.4, 0.5) is 30.4 Å². The smallest absolute Gasteiger partial charge is 0.383 e. The zero-order chi connectivity index (χ0) is 23.3. The summed E-state index contributed by atoms with van der Waals surface area (Å²) in [6.45, 7) is 2.12. The fourth-order valence-electron chi connectivity index (χ4n) is 3.31. The van der Waals surface area contributed by atoms with Gasteiger partial charge in [0.1, 0.15) is 11.5 Å². The number of carbonyl (C=O) groups is 1. The molecule has 0 saturated carbocycles. The first-order valence-corrected chi connectivity index (χ1v) is 9.79. The van der Waals surface area contributed by atoms with Crippen molar-refractivity contribution in [2.45, 2.75) is 6.18 Å². The number of anilines is 2. The number of nitro groups is 1. The molecule has 1 fully saturated rings. The molecule has 3 rings (SSSR count). The van der Waals surface area contributed by atoms with Gasteiger partial charge in [-0.3, -0.25) is 14.9 Å². The van der Waals surface area contributed by atoms with Gasteiger partial charge in [-0.25, -0.2) is 4.98 Å². The van der Waals surface area contributed by atoms with Crippen LogP contribution in [-0.4, -0.2) is 67.2 Å². The van der Waals surface area contributed by atoms with Crippen LogP contribution in [0.1, 0.15) is 15.9 Å². The van der Waals surface area contributed by atoms with Crippen LogP contribution >= 0.6 is 0 Å². The number of methoxy groups -OCH3 is 1. The summed E-state index contributed by atoms with van der Waals surface area (Å²) in [5.74, 6) is 0.0452. The molecule has 1 aliphatic heterocycles. The highest BCUT2D eigenvalue weighted by Crippen LogP contribution is 2.30. The molecule has 1 aromatic carbocycles. The van der Waals surface area contributed by atoms with Crippen molar-refractivity contribution in [1.82, 2.24) is 9.88 Å². The lowest BCUT2D eigenvalue weighted by molar-refractivity contribution is -0.384. The van der Waals surface area contributed by atoms with E-state index in [0.717, 1.165) is 12.3 Å². The number of carbonyl (C=O) groups excluding carboxylic acids is 1. The molecule has 172 valence electrons. The lowest BCUT2D eigenvalue weighted by Crippen LogP contribution is -2.49. The number of nitrogens with zero attached hydrogens (tertiary/aromatic N) is 4. The SMILES string of the molecule is COCCNc1ccc(C(=O)N2CCN(c3ccc(C(F)(F)F)cn3)CC2)cc1[N+](=O)[O-]. The van der Waals surface area contributed by atoms with E-state index in [1.165, 1.54) is 31.4 Å². The zero-order valence-corrected chi connectivity index (χ0v) is 17.3. The largest absolute Gasteiger partial charge is 0.417 e. The van der Waals surface area contributed by atoms with E-state index >= 15 is 0 Å². The Morgan fingerprint density at radius 1 is 1.22 bits per heavy atom. The maximum atomic E-state index is 12.8. The van der Waals surface area contributed by atoms with Gasteiger partial charge in [0.2, 0.25) is 0 Å². The molecule has 0 unspecified atom stereocenters. The second-order valence-electron chi connectivity index (χ2n) is 7.09. The molecular weight excluding hydrogens is 431 g/mol. The summed E-state index contributed by atoms with van der Waals surface area (Å²) >= 11 is 0. The summed E-state index contributed by atoms with van der Waals surface area (Å²) < 4.78 is 43.0. The maximum Gasteiger partial charge on any atom is 0.417 e. The number of alkyl halides is 3. The molecule has 1 N–H and O–H groups in total. The number of piperazine rings is 1. The Kier molecular flexibility index (Phi) is 7.13. The van der Waals surface area contributed by atoms with E-state index in [4.69, 9.17) is 4.74 Å². The van der Waals surface area contributed by atoms with Gasteiger partial charge >= 0.3 is 6.18 Å². The third-order valence-corrected chi connectivity index (χ3v) is 5.03. The van der Waals surface area contributed by atoms with Crippen LogP contribution in [0.25, 0.3) is 0 Å². The Morgan fingerprint density at radius 3 is 2.50 bits per heavy atom. The van der Waals surface area contributed by atoms with Crippen LogP contribution in [-0.2, 0) is 10.9 Å². The van der Waals surface area contributed by atoms with E-state index in [2.05, 4.69) is 10.3 Å². The number of nitro benzene ring substituents is 1. The van der Waals surface area contributed by atoms with Gasteiger partial charge in [0.15, 0.2) is 0 Å². The molecular formula is C20H22F3N5O4. The Morgan fingerprint density at radius 2 is 1.94 bits per heavy atom. The van der Waals surface area contributed by atoms with Crippen LogP contribution in [0.2, 0.25) is 0 Å². The third-order valence-electron chi connectivity index (χ3n) is 5.03. The van der Waals surface area contributed by atoms with Crippen molar-refractivity contribution in [2.75, 3.05) is 56.7 Å². The molecule has 32 heavy (non-hydrogen) atoms. The average Bonchev–Trinajstić information content (AvgIpc) is 2.78. The first-order valence-electron chi connectivity index (χ1n) is 9.79. The molecule has 2 heterocycles. The fraction of sp³-hybridized carbons (Fsp3) is 0.400. The maximum absolute atomic E-state index is 12.8. The number of pyridine rings is 1. The predicted octanol–water partition coefficient (Wildman–Crippen LogP) is 3.03. The first kappa shape index (κ1) is 23.3. The summed E-state index contributed by atoms with van der Waals surface area (Å²) in [5, 5.41) is 14.3. The second-order valence-corrected chi connectivity index (χ2v) is 7.09. The molecule has 0 aliphatic carbocycles. The number of aromatic nitrogens is 1. The zero-order valence-electron chi connectivity index (χ0n) is 17.3. The van der Waals surface area contributed by atoms with Gasteiger partial charge in [0, 0.05) is 57.7 Å². The molecule has 1 amide bonds. The first-order chi connectivity index (χ1) is 15.2. The van der Waals surface area contributed by atoms with E-state index in [1.54, 1.807) is 9.80 Å². The van der Waals surface area contributed by atoms with Crippen molar-refractivity contribution >= 4 is 23.1 Å². The number of amides is 1. The average molecular weight is 453 g/mol. The van der Waals surface area contributed by atoms with Gasteiger partial charge in [-0.2, -0.15) is 13.2 Å². The molecule has 0 bridgehead atoms. The van der Waals surface area contributed by atoms with Gasteiger partial charge < -0.3 is 19.9 Å². The summed E-state index contributed by atoms with van der Waals surface area (Å²) in [4.78, 5) is 30.9. The van der Waals surface area contributed by atoms with Gasteiger partial charge in [-0.15, -0.1) is 0 Å². The molecule has 0 spiro atoms. The van der Waals surface area contributed by atoms with Crippen molar-refractivity contribution in [3.05, 3.63) is 57.8 Å². The number of halogens is 3. The summed E-state index contributed by atoms with van der Waals surface area (Å²) in [5.41, 5.74) is -0.548. The minimum absolute atomic E-state index is 0.190. The van der Waals surface area contributed by atoms with Gasteiger partial charge in [-0.1, -0.05) is 0 Å². The minimum Gasteiger partial charge on any atom is -0.383 e. The highest BCUT2D eigenvalue weighted by atomic mass is 19.4. The molecule has 2 aromatic rings. The van der Waals surface area contributed by atoms with E-state index in [-0.39, 0.29) is 17.2 Å². The lowest BCUT2D eigenvalue weighted by atomic mass is 10.1. The minimum atomic E-state index is -4.45. The molecule has 1 aliphatic rings. The van der Waals surface area contributed by atoms with Gasteiger partial charge in [-0.05, 0) is 24.3 Å². The van der Waals surface area contributed by atoms with Crippen molar-refractivity contribution < 1.29 is 27.6 Å². The number of hydrogen-bond donors (Lipinski definition) is 1. The van der Waals surface area contributed by atoms with Crippen molar-refractivity contribution in [2.24, 2.45) is 0 Å².